The maximum absolute atomic E-state index is 10.6. The molecule has 4 N–H and O–H groups in total. The number of aliphatic hydroxyl groups is 1. The molecular weight excluding hydrogens is 270 g/mol. The first-order chi connectivity index (χ1) is 9.97. The highest BCUT2D eigenvalue weighted by Gasteiger charge is 2.32. The number of amidine groups is 1. The monoisotopic (exact) mass is 293 g/mol. The van der Waals surface area contributed by atoms with Crippen LogP contribution in [0.25, 0.3) is 0 Å². The number of ether oxygens (including phenoxy) is 1. The van der Waals surface area contributed by atoms with Crippen LogP contribution in [0.15, 0.2) is 23.4 Å². The number of aryl methyl sites for hydroxylation is 1. The second kappa shape index (κ2) is 6.32. The molecule has 0 bridgehead atoms. The third kappa shape index (κ3) is 3.46. The van der Waals surface area contributed by atoms with E-state index in [1.165, 1.54) is 0 Å². The Bertz CT molecular complexity index is 525. The number of rotatable bonds is 4. The lowest BCUT2D eigenvalue weighted by atomic mass is 9.93. The average molecular weight is 293 g/mol. The van der Waals surface area contributed by atoms with E-state index in [2.05, 4.69) is 5.16 Å². The number of oxime groups is 1. The third-order valence-electron chi connectivity index (χ3n) is 3.96. The second-order valence-corrected chi connectivity index (χ2v) is 5.65. The number of anilines is 1. The van der Waals surface area contributed by atoms with Crippen molar-refractivity contribution in [1.82, 2.24) is 0 Å². The van der Waals surface area contributed by atoms with Gasteiger partial charge in [-0.15, -0.1) is 0 Å². The standard InChI is InChI=1S/C15H23N3O3/c1-11-4-3-5-12(14(16)17-20)13(11)18(2)10-15(19)6-8-21-9-7-15/h3-5,19-20H,6-10H2,1-2H3,(H2,16,17). The van der Waals surface area contributed by atoms with Gasteiger partial charge in [0.05, 0.1) is 11.3 Å². The fraction of sp³-hybridized carbons (Fsp3) is 0.533. The molecule has 6 nitrogen and oxygen atoms in total. The van der Waals surface area contributed by atoms with Crippen molar-refractivity contribution in [2.24, 2.45) is 10.9 Å². The molecule has 21 heavy (non-hydrogen) atoms. The average Bonchev–Trinajstić information content (AvgIpc) is 2.46. The topological polar surface area (TPSA) is 91.3 Å². The van der Waals surface area contributed by atoms with Crippen LogP contribution < -0.4 is 10.6 Å². The zero-order valence-corrected chi connectivity index (χ0v) is 12.5. The molecule has 116 valence electrons. The van der Waals surface area contributed by atoms with Gasteiger partial charge in [0.2, 0.25) is 0 Å². The molecule has 1 aromatic carbocycles. The van der Waals surface area contributed by atoms with Crippen LogP contribution in [0.2, 0.25) is 0 Å². The molecule has 1 saturated heterocycles. The van der Waals surface area contributed by atoms with Crippen LogP contribution in [0.3, 0.4) is 0 Å². The second-order valence-electron chi connectivity index (χ2n) is 5.65. The molecule has 1 fully saturated rings. The van der Waals surface area contributed by atoms with Gasteiger partial charge in [-0.3, -0.25) is 0 Å². The number of hydrogen-bond donors (Lipinski definition) is 3. The predicted octanol–water partition coefficient (Wildman–Crippen LogP) is 1.07. The molecule has 1 aliphatic rings. The van der Waals surface area contributed by atoms with Crippen molar-refractivity contribution < 1.29 is 15.1 Å². The van der Waals surface area contributed by atoms with Gasteiger partial charge < -0.3 is 25.7 Å². The van der Waals surface area contributed by atoms with Crippen LogP contribution in [0.4, 0.5) is 5.69 Å². The fourth-order valence-electron chi connectivity index (χ4n) is 2.86. The summed E-state index contributed by atoms with van der Waals surface area (Å²) in [6.45, 7) is 3.59. The number of para-hydroxylation sites is 1. The van der Waals surface area contributed by atoms with Gasteiger partial charge in [0, 0.05) is 45.2 Å². The SMILES string of the molecule is Cc1cccc(/C(N)=N/O)c1N(C)CC1(O)CCOCC1. The first-order valence-corrected chi connectivity index (χ1v) is 7.05. The largest absolute Gasteiger partial charge is 0.409 e. The van der Waals surface area contributed by atoms with Gasteiger partial charge in [0.15, 0.2) is 5.84 Å². The lowest BCUT2D eigenvalue weighted by Crippen LogP contribution is -2.46. The third-order valence-corrected chi connectivity index (χ3v) is 3.96. The minimum atomic E-state index is -0.766. The molecule has 1 heterocycles. The molecule has 2 rings (SSSR count). The van der Waals surface area contributed by atoms with E-state index in [9.17, 15) is 5.11 Å². The summed E-state index contributed by atoms with van der Waals surface area (Å²) in [4.78, 5) is 1.97. The van der Waals surface area contributed by atoms with Gasteiger partial charge in [-0.2, -0.15) is 0 Å². The fourth-order valence-corrected chi connectivity index (χ4v) is 2.86. The Morgan fingerprint density at radius 2 is 2.10 bits per heavy atom. The summed E-state index contributed by atoms with van der Waals surface area (Å²) >= 11 is 0. The minimum Gasteiger partial charge on any atom is -0.409 e. The highest BCUT2D eigenvalue weighted by molar-refractivity contribution is 6.02. The molecule has 0 aromatic heterocycles. The van der Waals surface area contributed by atoms with Crippen LogP contribution in [-0.4, -0.2) is 48.6 Å². The first kappa shape index (κ1) is 15.6. The summed E-state index contributed by atoms with van der Waals surface area (Å²) in [5.74, 6) is 0.0690. The highest BCUT2D eigenvalue weighted by Crippen LogP contribution is 2.28. The quantitative estimate of drug-likeness (QED) is 0.334. The normalized spacial score (nSPS) is 18.5. The number of likely N-dealkylation sites (N-methyl/N-ethyl adjacent to an activating group) is 1. The molecule has 0 spiro atoms. The summed E-state index contributed by atoms with van der Waals surface area (Å²) in [6, 6.07) is 5.64. The van der Waals surface area contributed by atoms with Crippen LogP contribution in [-0.2, 0) is 4.74 Å². The number of hydrogen-bond acceptors (Lipinski definition) is 5. The molecule has 0 unspecified atom stereocenters. The van der Waals surface area contributed by atoms with E-state index in [1.54, 1.807) is 0 Å². The van der Waals surface area contributed by atoms with E-state index < -0.39 is 5.60 Å². The predicted molar refractivity (Wildman–Crippen MR) is 82.0 cm³/mol. The van der Waals surface area contributed by atoms with Gasteiger partial charge in [-0.1, -0.05) is 17.3 Å². The van der Waals surface area contributed by atoms with Gasteiger partial charge in [0.1, 0.15) is 0 Å². The van der Waals surface area contributed by atoms with E-state index in [0.29, 0.717) is 38.2 Å². The lowest BCUT2D eigenvalue weighted by molar-refractivity contribution is -0.0572. The van der Waals surface area contributed by atoms with E-state index in [0.717, 1.165) is 11.3 Å². The molecule has 1 aliphatic heterocycles. The Morgan fingerprint density at radius 1 is 1.43 bits per heavy atom. The van der Waals surface area contributed by atoms with E-state index >= 15 is 0 Å². The minimum absolute atomic E-state index is 0.0690. The highest BCUT2D eigenvalue weighted by atomic mass is 16.5. The van der Waals surface area contributed by atoms with Gasteiger partial charge in [-0.25, -0.2) is 0 Å². The van der Waals surface area contributed by atoms with E-state index in [-0.39, 0.29) is 5.84 Å². The van der Waals surface area contributed by atoms with E-state index in [4.69, 9.17) is 15.7 Å². The molecule has 6 heteroatoms. The van der Waals surface area contributed by atoms with Crippen molar-refractivity contribution in [1.29, 1.82) is 0 Å². The van der Waals surface area contributed by atoms with Crippen LogP contribution >= 0.6 is 0 Å². The smallest absolute Gasteiger partial charge is 0.172 e. The molecule has 0 saturated carbocycles. The molecular formula is C15H23N3O3. The zero-order chi connectivity index (χ0) is 15.5. The maximum Gasteiger partial charge on any atom is 0.172 e. The molecule has 0 radical (unpaired) electrons. The van der Waals surface area contributed by atoms with Gasteiger partial charge in [0.25, 0.3) is 0 Å². The van der Waals surface area contributed by atoms with Gasteiger partial charge in [-0.05, 0) is 18.6 Å². The zero-order valence-electron chi connectivity index (χ0n) is 12.5. The van der Waals surface area contributed by atoms with Crippen molar-refractivity contribution in [2.45, 2.75) is 25.4 Å². The van der Waals surface area contributed by atoms with Crippen molar-refractivity contribution in [2.75, 3.05) is 31.7 Å². The summed E-state index contributed by atoms with van der Waals surface area (Å²) in [5.41, 5.74) is 7.53. The number of nitrogens with two attached hydrogens (primary N) is 1. The summed E-state index contributed by atoms with van der Waals surface area (Å²) in [6.07, 6.45) is 1.23. The molecule has 0 amide bonds. The summed E-state index contributed by atoms with van der Waals surface area (Å²) in [5, 5.41) is 22.7. The molecule has 0 atom stereocenters. The van der Waals surface area contributed by atoms with Crippen LogP contribution in [0.5, 0.6) is 0 Å². The van der Waals surface area contributed by atoms with Crippen molar-refractivity contribution >= 4 is 11.5 Å². The van der Waals surface area contributed by atoms with Crippen molar-refractivity contribution in [3.8, 4) is 0 Å². The number of benzene rings is 1. The van der Waals surface area contributed by atoms with Crippen molar-refractivity contribution in [3.05, 3.63) is 29.3 Å². The Kier molecular flexibility index (Phi) is 4.69. The summed E-state index contributed by atoms with van der Waals surface area (Å²) in [7, 11) is 1.91. The Balaban J connectivity index is 2.28. The molecule has 0 aliphatic carbocycles. The Labute approximate surface area is 124 Å². The lowest BCUT2D eigenvalue weighted by Gasteiger charge is -2.37. The maximum atomic E-state index is 10.6. The Morgan fingerprint density at radius 3 is 2.71 bits per heavy atom. The first-order valence-electron chi connectivity index (χ1n) is 7.05. The summed E-state index contributed by atoms with van der Waals surface area (Å²) < 4.78 is 5.30. The number of nitrogens with zero attached hydrogens (tertiary/aromatic N) is 2. The van der Waals surface area contributed by atoms with E-state index in [1.807, 2.05) is 37.1 Å². The van der Waals surface area contributed by atoms with Crippen LogP contribution in [0.1, 0.15) is 24.0 Å². The van der Waals surface area contributed by atoms with Gasteiger partial charge >= 0.3 is 0 Å². The van der Waals surface area contributed by atoms with Crippen molar-refractivity contribution in [3.63, 3.8) is 0 Å². The molecule has 1 aromatic rings. The van der Waals surface area contributed by atoms with Crippen LogP contribution in [0, 0.1) is 6.92 Å². The Hall–Kier alpha value is -1.79.